The summed E-state index contributed by atoms with van der Waals surface area (Å²) in [6.07, 6.45) is 1.84. The average Bonchev–Trinajstić information content (AvgIpc) is 3.50. The average molecular weight is 547 g/mol. The van der Waals surface area contributed by atoms with Gasteiger partial charge < -0.3 is 15.6 Å². The van der Waals surface area contributed by atoms with Crippen molar-refractivity contribution >= 4 is 28.6 Å². The van der Waals surface area contributed by atoms with E-state index in [1.165, 1.54) is 6.42 Å². The Kier molecular flexibility index (Phi) is 8.44. The summed E-state index contributed by atoms with van der Waals surface area (Å²) in [5, 5.41) is 8.69. The largest absolute Gasteiger partial charge is 0.351 e. The molecule has 4 amide bonds. The van der Waals surface area contributed by atoms with Gasteiger partial charge in [0, 0.05) is 13.0 Å². The van der Waals surface area contributed by atoms with Gasteiger partial charge in [-0.25, -0.2) is 4.79 Å². The number of amides is 4. The molecule has 205 valence electrons. The number of nitrogens with two attached hydrogens (primary N) is 1. The first kappa shape index (κ1) is 27.3. The zero-order chi connectivity index (χ0) is 28.6. The third kappa shape index (κ3) is 6.83. The van der Waals surface area contributed by atoms with Gasteiger partial charge in [-0.2, -0.15) is 4.98 Å². The monoisotopic (exact) mass is 546 g/mol. The molecule has 3 N–H and O–H groups in total. The van der Waals surface area contributed by atoms with E-state index < -0.39 is 23.9 Å². The van der Waals surface area contributed by atoms with Crippen molar-refractivity contribution in [3.63, 3.8) is 0 Å². The van der Waals surface area contributed by atoms with Crippen molar-refractivity contribution in [3.8, 4) is 0 Å². The van der Waals surface area contributed by atoms with Crippen LogP contribution in [0.15, 0.2) is 108 Å². The first-order chi connectivity index (χ1) is 20.0. The van der Waals surface area contributed by atoms with Crippen LogP contribution in [0.2, 0.25) is 0 Å². The molecular formula is C32H28N5O4. The van der Waals surface area contributed by atoms with Gasteiger partial charge in [0.1, 0.15) is 6.04 Å². The van der Waals surface area contributed by atoms with Crippen LogP contribution in [0.4, 0.5) is 4.79 Å². The number of carbonyl (C=O) groups is 3. The summed E-state index contributed by atoms with van der Waals surface area (Å²) in [5.41, 5.74) is 8.33. The van der Waals surface area contributed by atoms with Crippen molar-refractivity contribution in [2.75, 3.05) is 0 Å². The molecule has 9 nitrogen and oxygen atoms in total. The van der Waals surface area contributed by atoms with Gasteiger partial charge in [0.15, 0.2) is 0 Å². The Hall–Kier alpha value is -5.31. The van der Waals surface area contributed by atoms with Crippen LogP contribution in [0.5, 0.6) is 0 Å². The molecule has 0 aliphatic rings. The summed E-state index contributed by atoms with van der Waals surface area (Å²) in [6.45, 7) is 0.270. The van der Waals surface area contributed by atoms with E-state index in [4.69, 9.17) is 10.3 Å². The van der Waals surface area contributed by atoms with Crippen LogP contribution in [0.1, 0.15) is 39.2 Å². The molecular weight excluding hydrogens is 518 g/mol. The maximum Gasteiger partial charge on any atom is 0.322 e. The first-order valence-electron chi connectivity index (χ1n) is 13.1. The molecule has 1 radical (unpaired) electrons. The molecule has 0 bridgehead atoms. The Morgan fingerprint density at radius 3 is 2.20 bits per heavy atom. The zero-order valence-electron chi connectivity index (χ0n) is 22.1. The number of rotatable bonds is 10. The number of hydrogen-bond donors (Lipinski definition) is 2. The number of aromatic nitrogens is 2. The van der Waals surface area contributed by atoms with Crippen molar-refractivity contribution in [2.45, 2.75) is 25.4 Å². The third-order valence-electron chi connectivity index (χ3n) is 6.61. The summed E-state index contributed by atoms with van der Waals surface area (Å²) < 4.78 is 5.43. The molecule has 0 saturated carbocycles. The van der Waals surface area contributed by atoms with Crippen LogP contribution in [0.25, 0.3) is 10.8 Å². The Bertz CT molecular complexity index is 1650. The molecule has 0 aliphatic heterocycles. The lowest BCUT2D eigenvalue weighted by Crippen LogP contribution is -2.44. The van der Waals surface area contributed by atoms with Crippen molar-refractivity contribution in [2.24, 2.45) is 5.73 Å². The molecule has 1 unspecified atom stereocenters. The summed E-state index contributed by atoms with van der Waals surface area (Å²) in [5.74, 6) is -1.46. The lowest BCUT2D eigenvalue weighted by Gasteiger charge is -2.26. The highest BCUT2D eigenvalue weighted by Crippen LogP contribution is 2.26. The lowest BCUT2D eigenvalue weighted by atomic mass is 10.0. The van der Waals surface area contributed by atoms with Crippen molar-refractivity contribution in [1.82, 2.24) is 20.4 Å². The molecule has 1 heterocycles. The third-order valence-corrected chi connectivity index (χ3v) is 6.61. The second-order valence-corrected chi connectivity index (χ2v) is 9.47. The Labute approximate surface area is 237 Å². The minimum Gasteiger partial charge on any atom is -0.351 e. The van der Waals surface area contributed by atoms with Crippen LogP contribution in [-0.4, -0.2) is 32.9 Å². The Morgan fingerprint density at radius 2 is 1.49 bits per heavy atom. The number of hydrogen-bond acceptors (Lipinski definition) is 6. The minimum absolute atomic E-state index is 0.0787. The van der Waals surface area contributed by atoms with Gasteiger partial charge in [0.05, 0.1) is 6.42 Å². The SMILES string of the molecule is NC(=O)N(C(=O)[CH]Cc1ccc2ccccc2c1)C(Cc1ccccc1)c1nc(C(=O)NCc2ccccc2)no1. The molecule has 1 aromatic heterocycles. The van der Waals surface area contributed by atoms with Crippen LogP contribution >= 0.6 is 0 Å². The van der Waals surface area contributed by atoms with Crippen LogP contribution in [0.3, 0.4) is 0 Å². The molecule has 0 spiro atoms. The number of carbonyl (C=O) groups excluding carboxylic acids is 3. The highest BCUT2D eigenvalue weighted by atomic mass is 16.5. The number of nitrogens with zero attached hydrogens (tertiary/aromatic N) is 3. The van der Waals surface area contributed by atoms with E-state index in [1.807, 2.05) is 103 Å². The normalized spacial score (nSPS) is 11.6. The predicted octanol–water partition coefficient (Wildman–Crippen LogP) is 4.79. The smallest absolute Gasteiger partial charge is 0.322 e. The fraction of sp³-hybridized carbons (Fsp3) is 0.125. The maximum atomic E-state index is 13.4. The van der Waals surface area contributed by atoms with E-state index in [1.54, 1.807) is 0 Å². The lowest BCUT2D eigenvalue weighted by molar-refractivity contribution is -0.127. The molecule has 1 atom stereocenters. The van der Waals surface area contributed by atoms with E-state index in [0.29, 0.717) is 0 Å². The molecule has 0 fully saturated rings. The standard InChI is InChI=1S/C32H28N5O4/c33-32(40)37(28(38)18-16-23-15-17-25-13-7-8-14-26(25)19-23)27(20-22-9-3-1-4-10-22)31-35-29(36-41-31)30(39)34-21-24-11-5-2-6-12-24/h1-15,17-19,27H,16,20-21H2,(H2,33,40)(H,34,39). The number of primary amides is 1. The van der Waals surface area contributed by atoms with E-state index in [2.05, 4.69) is 15.5 Å². The number of imide groups is 1. The minimum atomic E-state index is -1.03. The highest BCUT2D eigenvalue weighted by Gasteiger charge is 2.34. The van der Waals surface area contributed by atoms with E-state index in [-0.39, 0.29) is 31.1 Å². The number of fused-ring (bicyclic) bond motifs is 1. The van der Waals surface area contributed by atoms with Crippen molar-refractivity contribution in [1.29, 1.82) is 0 Å². The topological polar surface area (TPSA) is 131 Å². The van der Waals surface area contributed by atoms with E-state index >= 15 is 0 Å². The van der Waals surface area contributed by atoms with Gasteiger partial charge in [-0.1, -0.05) is 108 Å². The number of benzene rings is 4. The van der Waals surface area contributed by atoms with E-state index in [9.17, 15) is 14.4 Å². The summed E-state index contributed by atoms with van der Waals surface area (Å²) in [6, 6.07) is 30.4. The first-order valence-corrected chi connectivity index (χ1v) is 13.1. The molecule has 0 saturated heterocycles. The molecule has 4 aromatic carbocycles. The molecule has 9 heteroatoms. The van der Waals surface area contributed by atoms with Crippen molar-refractivity contribution in [3.05, 3.63) is 138 Å². The second kappa shape index (κ2) is 12.7. The van der Waals surface area contributed by atoms with Crippen LogP contribution in [0, 0.1) is 6.42 Å². The molecule has 41 heavy (non-hydrogen) atoms. The van der Waals surface area contributed by atoms with Crippen molar-refractivity contribution < 1.29 is 18.9 Å². The Balaban J connectivity index is 1.36. The quantitative estimate of drug-likeness (QED) is 0.259. The Morgan fingerprint density at radius 1 is 0.829 bits per heavy atom. The van der Waals surface area contributed by atoms with E-state index in [0.717, 1.165) is 32.4 Å². The predicted molar refractivity (Wildman–Crippen MR) is 153 cm³/mol. The number of nitrogens with one attached hydrogen (secondary N) is 1. The van der Waals surface area contributed by atoms with Crippen LogP contribution in [-0.2, 0) is 24.2 Å². The fourth-order valence-corrected chi connectivity index (χ4v) is 4.53. The maximum absolute atomic E-state index is 13.4. The van der Waals surface area contributed by atoms with Crippen LogP contribution < -0.4 is 11.1 Å². The zero-order valence-corrected chi connectivity index (χ0v) is 22.1. The van der Waals surface area contributed by atoms with Gasteiger partial charge in [0.2, 0.25) is 5.91 Å². The van der Waals surface area contributed by atoms with Gasteiger partial charge in [-0.3, -0.25) is 14.5 Å². The highest BCUT2D eigenvalue weighted by molar-refractivity contribution is 5.99. The number of urea groups is 1. The fourth-order valence-electron chi connectivity index (χ4n) is 4.53. The van der Waals surface area contributed by atoms with Gasteiger partial charge in [0.25, 0.3) is 17.6 Å². The molecule has 5 aromatic rings. The summed E-state index contributed by atoms with van der Waals surface area (Å²) >= 11 is 0. The summed E-state index contributed by atoms with van der Waals surface area (Å²) in [7, 11) is 0. The van der Waals surface area contributed by atoms with Gasteiger partial charge >= 0.3 is 6.03 Å². The molecule has 0 aliphatic carbocycles. The summed E-state index contributed by atoms with van der Waals surface area (Å²) in [4.78, 5) is 44.0. The van der Waals surface area contributed by atoms with Gasteiger partial charge in [-0.05, 0) is 33.9 Å². The second-order valence-electron chi connectivity index (χ2n) is 9.47. The molecule has 5 rings (SSSR count). The van der Waals surface area contributed by atoms with Gasteiger partial charge in [-0.15, -0.1) is 0 Å².